The lowest BCUT2D eigenvalue weighted by molar-refractivity contribution is -0.123. The fourth-order valence-corrected chi connectivity index (χ4v) is 3.20. The molecule has 32 heavy (non-hydrogen) atoms. The van der Waals surface area contributed by atoms with Crippen LogP contribution in [0.4, 0.5) is 0 Å². The summed E-state index contributed by atoms with van der Waals surface area (Å²) in [4.78, 5) is 24.5. The number of halogens is 1. The summed E-state index contributed by atoms with van der Waals surface area (Å²) in [6.07, 6.45) is 2.35. The molecule has 0 heterocycles. The SMILES string of the molecule is CCc1ccc(OCC(=O)N/N=C/c2cc(Br)ccc2OC(=O)c2cccc(C)c2)cc1. The van der Waals surface area contributed by atoms with Gasteiger partial charge in [-0.3, -0.25) is 4.79 Å². The molecule has 0 aliphatic carbocycles. The van der Waals surface area contributed by atoms with Gasteiger partial charge in [0.2, 0.25) is 0 Å². The second-order valence-corrected chi connectivity index (χ2v) is 7.94. The zero-order valence-corrected chi connectivity index (χ0v) is 19.4. The third-order valence-electron chi connectivity index (χ3n) is 4.52. The number of nitrogens with one attached hydrogen (secondary N) is 1. The van der Waals surface area contributed by atoms with Crippen molar-refractivity contribution in [3.8, 4) is 11.5 Å². The summed E-state index contributed by atoms with van der Waals surface area (Å²) in [6, 6.07) is 19.9. The number of carbonyl (C=O) groups is 2. The van der Waals surface area contributed by atoms with Gasteiger partial charge in [-0.2, -0.15) is 5.10 Å². The Morgan fingerprint density at radius 1 is 1.06 bits per heavy atom. The number of amides is 1. The molecule has 0 spiro atoms. The second-order valence-electron chi connectivity index (χ2n) is 7.02. The van der Waals surface area contributed by atoms with Crippen molar-refractivity contribution in [2.45, 2.75) is 20.3 Å². The van der Waals surface area contributed by atoms with Crippen molar-refractivity contribution in [2.24, 2.45) is 5.10 Å². The van der Waals surface area contributed by atoms with Gasteiger partial charge in [0, 0.05) is 10.0 Å². The van der Waals surface area contributed by atoms with Gasteiger partial charge in [-0.1, -0.05) is 52.7 Å². The van der Waals surface area contributed by atoms with Gasteiger partial charge < -0.3 is 9.47 Å². The number of nitrogens with zero attached hydrogens (tertiary/aromatic N) is 1. The van der Waals surface area contributed by atoms with Crippen LogP contribution in [-0.4, -0.2) is 24.7 Å². The maximum absolute atomic E-state index is 12.5. The minimum Gasteiger partial charge on any atom is -0.484 e. The van der Waals surface area contributed by atoms with Crippen molar-refractivity contribution in [2.75, 3.05) is 6.61 Å². The quantitative estimate of drug-likeness (QED) is 0.205. The normalized spacial score (nSPS) is 10.7. The number of carbonyl (C=O) groups excluding carboxylic acids is 2. The van der Waals surface area contributed by atoms with E-state index in [-0.39, 0.29) is 6.61 Å². The predicted octanol–water partition coefficient (Wildman–Crippen LogP) is 5.07. The van der Waals surface area contributed by atoms with Crippen molar-refractivity contribution < 1.29 is 19.1 Å². The van der Waals surface area contributed by atoms with Gasteiger partial charge in [0.1, 0.15) is 11.5 Å². The van der Waals surface area contributed by atoms with Crippen LogP contribution in [-0.2, 0) is 11.2 Å². The largest absolute Gasteiger partial charge is 0.484 e. The summed E-state index contributed by atoms with van der Waals surface area (Å²) in [7, 11) is 0. The number of aryl methyl sites for hydroxylation is 2. The van der Waals surface area contributed by atoms with Crippen LogP contribution in [0.5, 0.6) is 11.5 Å². The average Bonchev–Trinajstić information content (AvgIpc) is 2.79. The highest BCUT2D eigenvalue weighted by molar-refractivity contribution is 9.10. The minimum atomic E-state index is -0.475. The predicted molar refractivity (Wildman–Crippen MR) is 127 cm³/mol. The number of hydrazone groups is 1. The van der Waals surface area contributed by atoms with Gasteiger partial charge in [0.05, 0.1) is 11.8 Å². The molecule has 0 radical (unpaired) electrons. The molecule has 3 aromatic carbocycles. The first-order chi connectivity index (χ1) is 15.4. The Bertz CT molecular complexity index is 1130. The molecule has 1 amide bonds. The minimum absolute atomic E-state index is 0.170. The Balaban J connectivity index is 1.60. The number of rotatable bonds is 8. The molecule has 6 nitrogen and oxygen atoms in total. The van der Waals surface area contributed by atoms with E-state index in [9.17, 15) is 9.59 Å². The number of benzene rings is 3. The number of esters is 1. The molecule has 0 aliphatic heterocycles. The van der Waals surface area contributed by atoms with E-state index in [0.29, 0.717) is 22.6 Å². The van der Waals surface area contributed by atoms with Crippen molar-refractivity contribution in [3.05, 3.63) is 93.5 Å². The molecule has 3 rings (SSSR count). The molecule has 1 N–H and O–H groups in total. The summed E-state index contributed by atoms with van der Waals surface area (Å²) in [5.41, 5.74) is 5.54. The van der Waals surface area contributed by atoms with Crippen LogP contribution < -0.4 is 14.9 Å². The molecule has 7 heteroatoms. The summed E-state index contributed by atoms with van der Waals surface area (Å²) in [5, 5.41) is 3.96. The van der Waals surface area contributed by atoms with Crippen LogP contribution in [0.2, 0.25) is 0 Å². The van der Waals surface area contributed by atoms with E-state index in [1.54, 1.807) is 36.4 Å². The number of ether oxygens (including phenoxy) is 2. The van der Waals surface area contributed by atoms with Gasteiger partial charge >= 0.3 is 5.97 Å². The van der Waals surface area contributed by atoms with Crippen LogP contribution in [0.1, 0.15) is 34.0 Å². The third-order valence-corrected chi connectivity index (χ3v) is 5.02. The number of hydrogen-bond donors (Lipinski definition) is 1. The third kappa shape index (κ3) is 6.78. The summed E-state index contributed by atoms with van der Waals surface area (Å²) >= 11 is 3.39. The molecule has 0 unspecified atom stereocenters. The van der Waals surface area contributed by atoms with Crippen molar-refractivity contribution in [3.63, 3.8) is 0 Å². The average molecular weight is 495 g/mol. The zero-order chi connectivity index (χ0) is 22.9. The van der Waals surface area contributed by atoms with E-state index < -0.39 is 11.9 Å². The van der Waals surface area contributed by atoms with E-state index in [2.05, 4.69) is 33.4 Å². The summed E-state index contributed by atoms with van der Waals surface area (Å²) in [5.74, 6) is 0.0509. The van der Waals surface area contributed by atoms with E-state index in [0.717, 1.165) is 16.5 Å². The van der Waals surface area contributed by atoms with Crippen LogP contribution >= 0.6 is 15.9 Å². The molecular weight excluding hydrogens is 472 g/mol. The van der Waals surface area contributed by atoms with Gasteiger partial charge in [-0.25, -0.2) is 10.2 Å². The molecule has 164 valence electrons. The highest BCUT2D eigenvalue weighted by Gasteiger charge is 2.12. The lowest BCUT2D eigenvalue weighted by Gasteiger charge is -2.09. The maximum atomic E-state index is 12.5. The molecule has 0 atom stereocenters. The number of hydrogen-bond acceptors (Lipinski definition) is 5. The van der Waals surface area contributed by atoms with E-state index >= 15 is 0 Å². The van der Waals surface area contributed by atoms with Gasteiger partial charge in [-0.05, 0) is 61.4 Å². The first kappa shape index (κ1) is 23.2. The molecule has 0 fully saturated rings. The fourth-order valence-electron chi connectivity index (χ4n) is 2.82. The zero-order valence-electron chi connectivity index (χ0n) is 17.8. The molecule has 0 saturated heterocycles. The molecular formula is C25H23BrN2O4. The summed E-state index contributed by atoms with van der Waals surface area (Å²) in [6.45, 7) is 3.80. The highest BCUT2D eigenvalue weighted by Crippen LogP contribution is 2.23. The van der Waals surface area contributed by atoms with Crippen LogP contribution in [0.25, 0.3) is 0 Å². The van der Waals surface area contributed by atoms with Crippen LogP contribution in [0.3, 0.4) is 0 Å². The lowest BCUT2D eigenvalue weighted by atomic mass is 10.1. The van der Waals surface area contributed by atoms with Crippen molar-refractivity contribution in [1.82, 2.24) is 5.43 Å². The van der Waals surface area contributed by atoms with Gasteiger partial charge in [-0.15, -0.1) is 0 Å². The molecule has 3 aromatic rings. The Hall–Kier alpha value is -3.45. The Morgan fingerprint density at radius 2 is 1.84 bits per heavy atom. The van der Waals surface area contributed by atoms with Crippen LogP contribution in [0, 0.1) is 6.92 Å². The Kier molecular flexibility index (Phi) is 8.16. The molecule has 0 bridgehead atoms. The first-order valence-corrected chi connectivity index (χ1v) is 10.9. The second kappa shape index (κ2) is 11.2. The Morgan fingerprint density at radius 3 is 2.56 bits per heavy atom. The van der Waals surface area contributed by atoms with E-state index in [4.69, 9.17) is 9.47 Å². The van der Waals surface area contributed by atoms with Gasteiger partial charge in [0.25, 0.3) is 5.91 Å². The standard InChI is InChI=1S/C25H23BrN2O4/c1-3-18-7-10-22(11-8-18)31-16-24(29)28-27-15-20-14-21(26)9-12-23(20)32-25(30)19-6-4-5-17(2)13-19/h4-15H,3,16H2,1-2H3,(H,28,29)/b27-15+. The van der Waals surface area contributed by atoms with Crippen molar-refractivity contribution in [1.29, 1.82) is 0 Å². The van der Waals surface area contributed by atoms with Gasteiger partial charge in [0.15, 0.2) is 6.61 Å². The first-order valence-electron chi connectivity index (χ1n) is 10.1. The maximum Gasteiger partial charge on any atom is 0.343 e. The smallest absolute Gasteiger partial charge is 0.343 e. The van der Waals surface area contributed by atoms with E-state index in [1.165, 1.54) is 11.8 Å². The topological polar surface area (TPSA) is 77.0 Å². The highest BCUT2D eigenvalue weighted by atomic mass is 79.9. The molecule has 0 aromatic heterocycles. The Labute approximate surface area is 195 Å². The van der Waals surface area contributed by atoms with Crippen molar-refractivity contribution >= 4 is 34.0 Å². The monoisotopic (exact) mass is 494 g/mol. The fraction of sp³-hybridized carbons (Fsp3) is 0.160. The molecule has 0 aliphatic rings. The van der Waals surface area contributed by atoms with Crippen LogP contribution in [0.15, 0.2) is 76.3 Å². The van der Waals surface area contributed by atoms with E-state index in [1.807, 2.05) is 37.3 Å². The molecule has 0 saturated carbocycles. The lowest BCUT2D eigenvalue weighted by Crippen LogP contribution is -2.24. The summed E-state index contributed by atoms with van der Waals surface area (Å²) < 4.78 is 11.8.